The lowest BCUT2D eigenvalue weighted by molar-refractivity contribution is -0.140. The van der Waals surface area contributed by atoms with Crippen LogP contribution >= 0.6 is 0 Å². The minimum atomic E-state index is -1.25. The smallest absolute Gasteiger partial charge is 0.317 e. The van der Waals surface area contributed by atoms with Crippen LogP contribution in [0.2, 0.25) is 0 Å². The maximum absolute atomic E-state index is 13.3. The van der Waals surface area contributed by atoms with Crippen LogP contribution in [-0.4, -0.2) is 208 Å². The number of aliphatic hydroxyl groups is 4. The standard InChI is InChI=1S/C30H47N7O13/c38-17-23(18-39)33-30(50)21-9-20(29(49)31-12-24(41)19-40)10-22(11-21)32-25(42)13-34-1-3-35(14-26(43)44)5-7-37(16-28(47)48)8-6-36(4-2-34)15-27(45)46/h9-11,23-24,38-41H,1-8,12-19H2,(H,31,49)(H,32,42)(H,33,50)(H,43,44)(H,45,46)(H,47,48). The van der Waals surface area contributed by atoms with Crippen molar-refractivity contribution in [3.05, 3.63) is 29.3 Å². The van der Waals surface area contributed by atoms with E-state index in [1.54, 1.807) is 19.6 Å². The van der Waals surface area contributed by atoms with E-state index in [1.165, 1.54) is 18.2 Å². The SMILES string of the molecule is O=C(O)CN1CCN(CC(=O)O)CCN(CC(=O)Nc2cc(C(=O)NCC(O)CO)cc(C(=O)NC(CO)CO)c2)CCN(CC(=O)O)CC1. The van der Waals surface area contributed by atoms with Gasteiger partial charge in [0.1, 0.15) is 0 Å². The summed E-state index contributed by atoms with van der Waals surface area (Å²) in [5.41, 5.74) is -0.188. The third-order valence-corrected chi connectivity index (χ3v) is 7.60. The number of carbonyl (C=O) groups excluding carboxylic acids is 3. The molecule has 10 N–H and O–H groups in total. The van der Waals surface area contributed by atoms with Gasteiger partial charge in [-0.05, 0) is 18.2 Å². The van der Waals surface area contributed by atoms with Crippen molar-refractivity contribution in [1.82, 2.24) is 30.2 Å². The Morgan fingerprint density at radius 2 is 1.00 bits per heavy atom. The molecule has 50 heavy (non-hydrogen) atoms. The molecule has 1 unspecified atom stereocenters. The molecule has 1 heterocycles. The summed E-state index contributed by atoms with van der Waals surface area (Å²) in [4.78, 5) is 80.1. The van der Waals surface area contributed by atoms with Crippen LogP contribution in [0.4, 0.5) is 5.69 Å². The summed E-state index contributed by atoms with van der Waals surface area (Å²) >= 11 is 0. The Hall–Kier alpha value is -4.28. The molecule has 0 spiro atoms. The molecule has 1 aliphatic heterocycles. The molecule has 0 saturated carbocycles. The van der Waals surface area contributed by atoms with Gasteiger partial charge in [0.05, 0.1) is 58.1 Å². The molecule has 20 heteroatoms. The zero-order chi connectivity index (χ0) is 37.2. The molecule has 1 fully saturated rings. The number of carboxylic acids is 3. The molecule has 0 aliphatic carbocycles. The fraction of sp³-hybridized carbons (Fsp3) is 0.600. The fourth-order valence-corrected chi connectivity index (χ4v) is 4.95. The first-order valence-corrected chi connectivity index (χ1v) is 15.8. The number of carboxylic acid groups (broad SMARTS) is 3. The van der Waals surface area contributed by atoms with E-state index in [1.807, 2.05) is 0 Å². The Labute approximate surface area is 287 Å². The van der Waals surface area contributed by atoms with Crippen LogP contribution in [0.25, 0.3) is 0 Å². The Morgan fingerprint density at radius 3 is 1.38 bits per heavy atom. The van der Waals surface area contributed by atoms with Gasteiger partial charge in [0.25, 0.3) is 11.8 Å². The van der Waals surface area contributed by atoms with Crippen LogP contribution in [0.15, 0.2) is 18.2 Å². The van der Waals surface area contributed by atoms with Gasteiger partial charge in [-0.2, -0.15) is 0 Å². The number of rotatable bonds is 17. The van der Waals surface area contributed by atoms with Gasteiger partial charge >= 0.3 is 17.9 Å². The van der Waals surface area contributed by atoms with Crippen LogP contribution in [0.3, 0.4) is 0 Å². The van der Waals surface area contributed by atoms with E-state index in [4.69, 9.17) is 5.11 Å². The molecule has 1 aromatic carbocycles. The molecule has 1 aliphatic rings. The second-order valence-electron chi connectivity index (χ2n) is 11.7. The highest BCUT2D eigenvalue weighted by Gasteiger charge is 2.22. The maximum Gasteiger partial charge on any atom is 0.317 e. The average molecular weight is 714 g/mol. The Kier molecular flexibility index (Phi) is 18.2. The Balaban J connectivity index is 2.31. The molecule has 0 radical (unpaired) electrons. The summed E-state index contributed by atoms with van der Waals surface area (Å²) in [5, 5.41) is 73.0. The van der Waals surface area contributed by atoms with Crippen molar-refractivity contribution in [2.24, 2.45) is 0 Å². The van der Waals surface area contributed by atoms with E-state index in [-0.39, 0.29) is 102 Å². The number of aliphatic carboxylic acids is 3. The number of anilines is 1. The summed E-state index contributed by atoms with van der Waals surface area (Å²) in [5.74, 6) is -5.40. The van der Waals surface area contributed by atoms with Crippen molar-refractivity contribution in [2.75, 3.05) is 110 Å². The molecule has 1 atom stereocenters. The van der Waals surface area contributed by atoms with Crippen molar-refractivity contribution in [1.29, 1.82) is 0 Å². The Bertz CT molecular complexity index is 1280. The zero-order valence-electron chi connectivity index (χ0n) is 27.6. The third-order valence-electron chi connectivity index (χ3n) is 7.60. The van der Waals surface area contributed by atoms with Gasteiger partial charge < -0.3 is 51.7 Å². The number of hydrogen-bond acceptors (Lipinski definition) is 14. The minimum absolute atomic E-state index is 0.0212. The molecule has 1 saturated heterocycles. The highest BCUT2D eigenvalue weighted by Crippen LogP contribution is 2.16. The number of nitrogens with zero attached hydrogens (tertiary/aromatic N) is 4. The largest absolute Gasteiger partial charge is 0.480 e. The van der Waals surface area contributed by atoms with E-state index < -0.39 is 67.6 Å². The molecular formula is C30H47N7O13. The number of benzene rings is 1. The first-order valence-electron chi connectivity index (χ1n) is 15.8. The van der Waals surface area contributed by atoms with E-state index >= 15 is 0 Å². The molecular weight excluding hydrogens is 666 g/mol. The van der Waals surface area contributed by atoms with Gasteiger partial charge in [0.2, 0.25) is 5.91 Å². The predicted molar refractivity (Wildman–Crippen MR) is 175 cm³/mol. The van der Waals surface area contributed by atoms with Crippen LogP contribution < -0.4 is 16.0 Å². The fourth-order valence-electron chi connectivity index (χ4n) is 4.95. The normalized spacial score (nSPS) is 16.5. The molecule has 0 bridgehead atoms. The van der Waals surface area contributed by atoms with Gasteiger partial charge in [-0.25, -0.2) is 0 Å². The summed E-state index contributed by atoms with van der Waals surface area (Å²) in [6.45, 7) is -1.82. The van der Waals surface area contributed by atoms with Crippen LogP contribution in [0, 0.1) is 0 Å². The first-order chi connectivity index (χ1) is 23.7. The number of nitrogens with one attached hydrogen (secondary N) is 3. The second-order valence-corrected chi connectivity index (χ2v) is 11.7. The summed E-state index contributed by atoms with van der Waals surface area (Å²) in [6, 6.07) is 2.72. The average Bonchev–Trinajstić information content (AvgIpc) is 3.05. The monoisotopic (exact) mass is 713 g/mol. The molecule has 0 aromatic heterocycles. The van der Waals surface area contributed by atoms with Gasteiger partial charge in [0.15, 0.2) is 0 Å². The number of amides is 3. The molecule has 20 nitrogen and oxygen atoms in total. The van der Waals surface area contributed by atoms with Crippen molar-refractivity contribution >= 4 is 41.3 Å². The van der Waals surface area contributed by atoms with Crippen molar-refractivity contribution in [2.45, 2.75) is 12.1 Å². The Morgan fingerprint density at radius 1 is 0.600 bits per heavy atom. The van der Waals surface area contributed by atoms with Crippen molar-refractivity contribution < 1.29 is 64.5 Å². The van der Waals surface area contributed by atoms with Crippen molar-refractivity contribution in [3.8, 4) is 0 Å². The highest BCUT2D eigenvalue weighted by molar-refractivity contribution is 6.03. The number of carbonyl (C=O) groups is 6. The summed E-state index contributed by atoms with van der Waals surface area (Å²) in [7, 11) is 0. The van der Waals surface area contributed by atoms with Crippen LogP contribution in [0.1, 0.15) is 20.7 Å². The molecule has 2 rings (SSSR count). The predicted octanol–water partition coefficient (Wildman–Crippen LogP) is -4.73. The summed E-state index contributed by atoms with van der Waals surface area (Å²) < 4.78 is 0. The highest BCUT2D eigenvalue weighted by atomic mass is 16.4. The van der Waals surface area contributed by atoms with Gasteiger partial charge in [-0.1, -0.05) is 0 Å². The molecule has 3 amide bonds. The lowest BCUT2D eigenvalue weighted by Gasteiger charge is -2.32. The van der Waals surface area contributed by atoms with Gasteiger partial charge in [-0.15, -0.1) is 0 Å². The minimum Gasteiger partial charge on any atom is -0.480 e. The molecule has 1 aromatic rings. The lowest BCUT2D eigenvalue weighted by Crippen LogP contribution is -2.49. The second kappa shape index (κ2) is 21.7. The lowest BCUT2D eigenvalue weighted by atomic mass is 10.1. The zero-order valence-corrected chi connectivity index (χ0v) is 27.6. The van der Waals surface area contributed by atoms with Crippen LogP contribution in [0.5, 0.6) is 0 Å². The first kappa shape index (κ1) is 41.9. The molecule has 280 valence electrons. The van der Waals surface area contributed by atoms with E-state index in [2.05, 4.69) is 16.0 Å². The van der Waals surface area contributed by atoms with Gasteiger partial charge in [0, 0.05) is 75.7 Å². The van der Waals surface area contributed by atoms with E-state index in [0.717, 1.165) is 0 Å². The third kappa shape index (κ3) is 16.0. The summed E-state index contributed by atoms with van der Waals surface area (Å²) in [6.07, 6.45) is -1.25. The van der Waals surface area contributed by atoms with Crippen molar-refractivity contribution in [3.63, 3.8) is 0 Å². The number of aliphatic hydroxyl groups excluding tert-OH is 4. The topological polar surface area (TPSA) is 293 Å². The van der Waals surface area contributed by atoms with E-state index in [0.29, 0.717) is 0 Å². The quantitative estimate of drug-likeness (QED) is 0.0725. The van der Waals surface area contributed by atoms with Crippen LogP contribution in [-0.2, 0) is 19.2 Å². The van der Waals surface area contributed by atoms with Gasteiger partial charge in [-0.3, -0.25) is 48.4 Å². The van der Waals surface area contributed by atoms with E-state index in [9.17, 15) is 59.4 Å². The maximum atomic E-state index is 13.3. The number of hydrogen-bond donors (Lipinski definition) is 10.